The molecule has 2 rings (SSSR count). The van der Waals surface area contributed by atoms with Crippen molar-refractivity contribution in [2.75, 3.05) is 5.32 Å². The third kappa shape index (κ3) is 3.21. The molecule has 1 aromatic carbocycles. The fourth-order valence-corrected chi connectivity index (χ4v) is 2.70. The van der Waals surface area contributed by atoms with Gasteiger partial charge in [-0.15, -0.1) is 0 Å². The Morgan fingerprint density at radius 2 is 1.81 bits per heavy atom. The Balaban J connectivity index is 2.15. The van der Waals surface area contributed by atoms with Crippen LogP contribution in [0, 0.1) is 0 Å². The minimum Gasteiger partial charge on any atom is -0.377 e. The Labute approximate surface area is 121 Å². The molecule has 0 radical (unpaired) electrons. The smallest absolute Gasteiger partial charge is 0.341 e. The fourth-order valence-electron chi connectivity index (χ4n) is 1.98. The first-order valence-electron chi connectivity index (χ1n) is 6.19. The van der Waals surface area contributed by atoms with E-state index in [-0.39, 0.29) is 6.04 Å². The van der Waals surface area contributed by atoms with Crippen LogP contribution in [0.25, 0.3) is 0 Å². The maximum Gasteiger partial charge on any atom is 0.341 e. The fraction of sp³-hybridized carbons (Fsp3) is 0.308. The molecule has 1 unspecified atom stereocenters. The van der Waals surface area contributed by atoms with E-state index in [2.05, 4.69) is 10.4 Å². The Bertz CT molecular complexity index is 711. The molecule has 0 amide bonds. The molecule has 0 saturated heterocycles. The molecule has 0 aliphatic heterocycles. The van der Waals surface area contributed by atoms with E-state index in [0.29, 0.717) is 5.69 Å². The van der Waals surface area contributed by atoms with Crippen molar-refractivity contribution in [2.24, 2.45) is 7.05 Å². The number of aryl methyl sites for hydroxylation is 1. The topological polar surface area (TPSA) is 64.0 Å². The standard InChI is InChI=1S/C13H15F2N3O2S/c1-9(12-7-8-16-18(12)2)17-10-3-5-11(6-4-10)21(19,20)13(14)15/h3-9,13,17H,1-2H3. The maximum atomic E-state index is 12.4. The van der Waals surface area contributed by atoms with Crippen LogP contribution < -0.4 is 5.32 Å². The molecule has 1 aromatic heterocycles. The van der Waals surface area contributed by atoms with Gasteiger partial charge in [-0.3, -0.25) is 4.68 Å². The van der Waals surface area contributed by atoms with Crippen LogP contribution in [-0.2, 0) is 16.9 Å². The predicted octanol–water partition coefficient (Wildman–Crippen LogP) is 2.59. The summed E-state index contributed by atoms with van der Waals surface area (Å²) in [6.07, 6.45) is 1.67. The Hall–Kier alpha value is -1.96. The highest BCUT2D eigenvalue weighted by molar-refractivity contribution is 7.91. The maximum absolute atomic E-state index is 12.4. The van der Waals surface area contributed by atoms with Crippen molar-refractivity contribution >= 4 is 15.5 Å². The summed E-state index contributed by atoms with van der Waals surface area (Å²) in [6.45, 7) is 1.92. The van der Waals surface area contributed by atoms with E-state index < -0.39 is 20.5 Å². The minimum atomic E-state index is -4.55. The highest BCUT2D eigenvalue weighted by Gasteiger charge is 2.26. The predicted molar refractivity (Wildman–Crippen MR) is 74.9 cm³/mol. The Morgan fingerprint density at radius 1 is 1.19 bits per heavy atom. The van der Waals surface area contributed by atoms with E-state index in [0.717, 1.165) is 5.69 Å². The average Bonchev–Trinajstić information content (AvgIpc) is 2.85. The van der Waals surface area contributed by atoms with E-state index >= 15 is 0 Å². The molecule has 1 N–H and O–H groups in total. The van der Waals surface area contributed by atoms with Gasteiger partial charge in [0.2, 0.25) is 9.84 Å². The molecule has 0 aliphatic carbocycles. The number of halogens is 2. The zero-order valence-corrected chi connectivity index (χ0v) is 12.3. The van der Waals surface area contributed by atoms with Gasteiger partial charge in [0.25, 0.3) is 0 Å². The van der Waals surface area contributed by atoms with Gasteiger partial charge in [-0.1, -0.05) is 0 Å². The van der Waals surface area contributed by atoms with E-state index in [1.54, 1.807) is 10.9 Å². The van der Waals surface area contributed by atoms with Crippen LogP contribution in [-0.4, -0.2) is 24.0 Å². The van der Waals surface area contributed by atoms with E-state index in [1.807, 2.05) is 20.0 Å². The van der Waals surface area contributed by atoms with Gasteiger partial charge in [0.05, 0.1) is 16.6 Å². The lowest BCUT2D eigenvalue weighted by Crippen LogP contribution is -2.13. The lowest BCUT2D eigenvalue weighted by atomic mass is 10.2. The average molecular weight is 315 g/mol. The van der Waals surface area contributed by atoms with Crippen molar-refractivity contribution in [3.63, 3.8) is 0 Å². The van der Waals surface area contributed by atoms with Gasteiger partial charge in [0.1, 0.15) is 0 Å². The van der Waals surface area contributed by atoms with Crippen LogP contribution in [0.2, 0.25) is 0 Å². The van der Waals surface area contributed by atoms with E-state index in [4.69, 9.17) is 0 Å². The summed E-state index contributed by atoms with van der Waals surface area (Å²) in [5, 5.41) is 7.21. The Kier molecular flexibility index (Phi) is 4.26. The second kappa shape index (κ2) is 5.80. The molecule has 1 atom stereocenters. The number of aromatic nitrogens is 2. The van der Waals surface area contributed by atoms with Crippen LogP contribution in [0.15, 0.2) is 41.4 Å². The molecule has 0 aliphatic rings. The quantitative estimate of drug-likeness (QED) is 0.921. The number of alkyl halides is 2. The molecule has 114 valence electrons. The number of nitrogens with one attached hydrogen (secondary N) is 1. The summed E-state index contributed by atoms with van der Waals surface area (Å²) in [5.74, 6) is -3.41. The normalized spacial score (nSPS) is 13.4. The van der Waals surface area contributed by atoms with Gasteiger partial charge >= 0.3 is 5.76 Å². The second-order valence-electron chi connectivity index (χ2n) is 4.58. The monoisotopic (exact) mass is 315 g/mol. The summed E-state index contributed by atoms with van der Waals surface area (Å²) in [6, 6.07) is 7.05. The molecular formula is C13H15F2N3O2S. The highest BCUT2D eigenvalue weighted by atomic mass is 32.2. The molecule has 0 spiro atoms. The van der Waals surface area contributed by atoms with Gasteiger partial charge in [0.15, 0.2) is 0 Å². The van der Waals surface area contributed by atoms with Gasteiger partial charge in [-0.2, -0.15) is 13.9 Å². The SMILES string of the molecule is CC(Nc1ccc(S(=O)(=O)C(F)F)cc1)c1ccnn1C. The molecule has 1 heterocycles. The van der Waals surface area contributed by atoms with E-state index in [1.165, 1.54) is 24.3 Å². The van der Waals surface area contributed by atoms with Crippen LogP contribution >= 0.6 is 0 Å². The van der Waals surface area contributed by atoms with E-state index in [9.17, 15) is 17.2 Å². The molecule has 0 bridgehead atoms. The number of hydrogen-bond donors (Lipinski definition) is 1. The van der Waals surface area contributed by atoms with Gasteiger partial charge < -0.3 is 5.32 Å². The molecule has 0 saturated carbocycles. The first-order valence-corrected chi connectivity index (χ1v) is 7.73. The molecule has 8 heteroatoms. The number of benzene rings is 1. The molecule has 21 heavy (non-hydrogen) atoms. The molecular weight excluding hydrogens is 300 g/mol. The van der Waals surface area contributed by atoms with Gasteiger partial charge in [-0.05, 0) is 37.3 Å². The summed E-state index contributed by atoms with van der Waals surface area (Å²) < 4.78 is 49.2. The van der Waals surface area contributed by atoms with Crippen molar-refractivity contribution < 1.29 is 17.2 Å². The van der Waals surface area contributed by atoms with Gasteiger partial charge in [0, 0.05) is 18.9 Å². The lowest BCUT2D eigenvalue weighted by Gasteiger charge is -2.15. The molecule has 0 fully saturated rings. The summed E-state index contributed by atoms with van der Waals surface area (Å²) in [5.41, 5.74) is 1.58. The lowest BCUT2D eigenvalue weighted by molar-refractivity contribution is 0.234. The molecule has 5 nitrogen and oxygen atoms in total. The number of sulfone groups is 1. The van der Waals surface area contributed by atoms with Crippen molar-refractivity contribution in [2.45, 2.75) is 23.6 Å². The number of nitrogens with zero attached hydrogens (tertiary/aromatic N) is 2. The summed E-state index contributed by atoms with van der Waals surface area (Å²) >= 11 is 0. The third-order valence-corrected chi connectivity index (χ3v) is 4.50. The number of rotatable bonds is 5. The number of anilines is 1. The number of hydrogen-bond acceptors (Lipinski definition) is 4. The first-order chi connectivity index (χ1) is 9.82. The van der Waals surface area contributed by atoms with Crippen molar-refractivity contribution in [3.8, 4) is 0 Å². The zero-order valence-electron chi connectivity index (χ0n) is 11.5. The van der Waals surface area contributed by atoms with Crippen molar-refractivity contribution in [1.82, 2.24) is 9.78 Å². The summed E-state index contributed by atoms with van der Waals surface area (Å²) in [7, 11) is -2.74. The Morgan fingerprint density at radius 3 is 2.29 bits per heavy atom. The largest absolute Gasteiger partial charge is 0.377 e. The van der Waals surface area contributed by atoms with Crippen LogP contribution in [0.3, 0.4) is 0 Å². The van der Waals surface area contributed by atoms with Crippen molar-refractivity contribution in [1.29, 1.82) is 0 Å². The summed E-state index contributed by atoms with van der Waals surface area (Å²) in [4.78, 5) is -0.392. The van der Waals surface area contributed by atoms with Crippen LogP contribution in [0.4, 0.5) is 14.5 Å². The molecule has 2 aromatic rings. The minimum absolute atomic E-state index is 0.0601. The van der Waals surface area contributed by atoms with Crippen LogP contribution in [0.5, 0.6) is 0 Å². The third-order valence-electron chi connectivity index (χ3n) is 3.10. The van der Waals surface area contributed by atoms with Crippen LogP contribution in [0.1, 0.15) is 18.7 Å². The van der Waals surface area contributed by atoms with Crippen molar-refractivity contribution in [3.05, 3.63) is 42.2 Å². The zero-order chi connectivity index (χ0) is 15.6. The first kappa shape index (κ1) is 15.4. The highest BCUT2D eigenvalue weighted by Crippen LogP contribution is 2.23. The van der Waals surface area contributed by atoms with Gasteiger partial charge in [-0.25, -0.2) is 8.42 Å². The second-order valence-corrected chi connectivity index (χ2v) is 6.49.